The molecule has 166 valence electrons. The van der Waals surface area contributed by atoms with Gasteiger partial charge in [0.1, 0.15) is 11.8 Å². The molecule has 1 heterocycles. The Kier molecular flexibility index (Phi) is 10.3. The van der Waals surface area contributed by atoms with Crippen molar-refractivity contribution in [3.05, 3.63) is 30.3 Å². The molecule has 1 aromatic carbocycles. The zero-order valence-electron chi connectivity index (χ0n) is 17.6. The number of likely N-dealkylation sites (tertiary alicyclic amines) is 1. The Morgan fingerprint density at radius 1 is 1.20 bits per heavy atom. The maximum absolute atomic E-state index is 12.8. The average Bonchev–Trinajstić information content (AvgIpc) is 2.76. The normalized spacial score (nSPS) is 15.2. The van der Waals surface area contributed by atoms with Crippen LogP contribution < -0.4 is 15.4 Å². The lowest BCUT2D eigenvalue weighted by atomic mass is 10.0. The molecule has 9 heteroatoms. The molecule has 2 rings (SSSR count). The number of hydrogen-bond donors (Lipinski definition) is 2. The van der Waals surface area contributed by atoms with Crippen LogP contribution in [0.2, 0.25) is 0 Å². The van der Waals surface area contributed by atoms with Crippen LogP contribution in [0.25, 0.3) is 0 Å². The van der Waals surface area contributed by atoms with E-state index in [-0.39, 0.29) is 30.6 Å². The van der Waals surface area contributed by atoms with Crippen LogP contribution in [0.3, 0.4) is 0 Å². The van der Waals surface area contributed by atoms with Crippen LogP contribution in [0.4, 0.5) is 4.79 Å². The highest BCUT2D eigenvalue weighted by Gasteiger charge is 2.27. The minimum Gasteiger partial charge on any atom is -0.484 e. The summed E-state index contributed by atoms with van der Waals surface area (Å²) in [5.41, 5.74) is 0. The number of hydrogen-bond acceptors (Lipinski definition) is 6. The van der Waals surface area contributed by atoms with E-state index < -0.39 is 6.04 Å². The number of thioether (sulfide) groups is 1. The molecule has 1 aliphatic rings. The van der Waals surface area contributed by atoms with Crippen LogP contribution in [0.1, 0.15) is 26.2 Å². The van der Waals surface area contributed by atoms with Gasteiger partial charge in [-0.25, -0.2) is 4.79 Å². The monoisotopic (exact) mass is 437 g/mol. The first-order chi connectivity index (χ1) is 14.5. The van der Waals surface area contributed by atoms with Crippen molar-refractivity contribution in [2.45, 2.75) is 38.3 Å². The van der Waals surface area contributed by atoms with Gasteiger partial charge in [-0.15, -0.1) is 0 Å². The fourth-order valence-electron chi connectivity index (χ4n) is 3.13. The minimum atomic E-state index is -0.618. The summed E-state index contributed by atoms with van der Waals surface area (Å²) in [6.07, 6.45) is 3.49. The van der Waals surface area contributed by atoms with Crippen LogP contribution in [0.5, 0.6) is 5.75 Å². The quantitative estimate of drug-likeness (QED) is 0.581. The number of para-hydroxylation sites is 1. The van der Waals surface area contributed by atoms with Gasteiger partial charge in [0.2, 0.25) is 5.91 Å². The first-order valence-corrected chi connectivity index (χ1v) is 11.6. The van der Waals surface area contributed by atoms with Gasteiger partial charge in [-0.2, -0.15) is 11.8 Å². The molecule has 1 unspecified atom stereocenters. The molecular formula is C21H31N3O5S. The van der Waals surface area contributed by atoms with Gasteiger partial charge in [-0.3, -0.25) is 9.59 Å². The summed E-state index contributed by atoms with van der Waals surface area (Å²) in [7, 11) is 0. The molecule has 0 saturated carbocycles. The summed E-state index contributed by atoms with van der Waals surface area (Å²) in [6.45, 7) is 3.05. The first-order valence-electron chi connectivity index (χ1n) is 10.2. The summed E-state index contributed by atoms with van der Waals surface area (Å²) in [6, 6.07) is 8.42. The standard InChI is InChI=1S/C21H31N3O5S/c1-3-28-21(27)24-12-9-16(10-13-24)22-20(26)18(11-14-30-2)23-19(25)15-29-17-7-5-4-6-8-17/h4-8,16,18H,3,9-15H2,1-2H3,(H,22,26)(H,23,25). The molecule has 1 fully saturated rings. The van der Waals surface area contributed by atoms with E-state index in [4.69, 9.17) is 9.47 Å². The van der Waals surface area contributed by atoms with Crippen LogP contribution >= 0.6 is 11.8 Å². The summed E-state index contributed by atoms with van der Waals surface area (Å²) in [4.78, 5) is 38.5. The smallest absolute Gasteiger partial charge is 0.409 e. The number of piperidine rings is 1. The maximum atomic E-state index is 12.8. The Bertz CT molecular complexity index is 680. The molecule has 2 N–H and O–H groups in total. The van der Waals surface area contributed by atoms with Crippen molar-refractivity contribution in [1.29, 1.82) is 0 Å². The average molecular weight is 438 g/mol. The highest BCUT2D eigenvalue weighted by Crippen LogP contribution is 2.13. The molecule has 1 saturated heterocycles. The molecule has 1 aromatic rings. The summed E-state index contributed by atoms with van der Waals surface area (Å²) in [5.74, 6) is 0.814. The topological polar surface area (TPSA) is 97.0 Å². The fourth-order valence-corrected chi connectivity index (χ4v) is 3.60. The number of carbonyl (C=O) groups is 3. The highest BCUT2D eigenvalue weighted by molar-refractivity contribution is 7.98. The van der Waals surface area contributed by atoms with E-state index in [9.17, 15) is 14.4 Å². The van der Waals surface area contributed by atoms with Gasteiger partial charge in [0.05, 0.1) is 6.61 Å². The SMILES string of the molecule is CCOC(=O)N1CCC(NC(=O)C(CCSC)NC(=O)COc2ccccc2)CC1. The lowest BCUT2D eigenvalue weighted by Gasteiger charge is -2.32. The van der Waals surface area contributed by atoms with E-state index in [1.54, 1.807) is 35.7 Å². The summed E-state index contributed by atoms with van der Waals surface area (Å²) < 4.78 is 10.5. The van der Waals surface area contributed by atoms with E-state index in [2.05, 4.69) is 10.6 Å². The van der Waals surface area contributed by atoms with Crippen molar-refractivity contribution in [2.75, 3.05) is 38.3 Å². The molecule has 0 bridgehead atoms. The lowest BCUT2D eigenvalue weighted by Crippen LogP contribution is -2.53. The van der Waals surface area contributed by atoms with Gasteiger partial charge in [0, 0.05) is 19.1 Å². The van der Waals surface area contributed by atoms with Crippen molar-refractivity contribution >= 4 is 29.7 Å². The zero-order valence-corrected chi connectivity index (χ0v) is 18.4. The second-order valence-electron chi connectivity index (χ2n) is 6.97. The third-order valence-electron chi connectivity index (χ3n) is 4.74. The van der Waals surface area contributed by atoms with Crippen molar-refractivity contribution in [1.82, 2.24) is 15.5 Å². The molecule has 0 aliphatic carbocycles. The Labute approximate surface area is 182 Å². The Balaban J connectivity index is 1.81. The number of amides is 3. The van der Waals surface area contributed by atoms with Crippen LogP contribution in [-0.4, -0.2) is 73.2 Å². The van der Waals surface area contributed by atoms with E-state index in [1.165, 1.54) is 0 Å². The molecule has 8 nitrogen and oxygen atoms in total. The largest absolute Gasteiger partial charge is 0.484 e. The van der Waals surface area contributed by atoms with Gasteiger partial charge < -0.3 is 25.0 Å². The maximum Gasteiger partial charge on any atom is 0.409 e. The minimum absolute atomic E-state index is 0.0302. The Hall–Kier alpha value is -2.42. The Morgan fingerprint density at radius 2 is 1.90 bits per heavy atom. The van der Waals surface area contributed by atoms with Crippen molar-refractivity contribution < 1.29 is 23.9 Å². The summed E-state index contributed by atoms with van der Waals surface area (Å²) >= 11 is 1.62. The lowest BCUT2D eigenvalue weighted by molar-refractivity contribution is -0.130. The van der Waals surface area contributed by atoms with Gasteiger partial charge in [-0.05, 0) is 50.3 Å². The molecule has 3 amide bonds. The van der Waals surface area contributed by atoms with Gasteiger partial charge in [0.25, 0.3) is 5.91 Å². The summed E-state index contributed by atoms with van der Waals surface area (Å²) in [5, 5.41) is 5.80. The second-order valence-corrected chi connectivity index (χ2v) is 7.96. The third-order valence-corrected chi connectivity index (χ3v) is 5.39. The molecule has 1 atom stereocenters. The van der Waals surface area contributed by atoms with Crippen LogP contribution in [-0.2, 0) is 14.3 Å². The number of carbonyl (C=O) groups excluding carboxylic acids is 3. The molecule has 1 aliphatic heterocycles. The van der Waals surface area contributed by atoms with Gasteiger partial charge in [-0.1, -0.05) is 18.2 Å². The van der Waals surface area contributed by atoms with Crippen LogP contribution in [0.15, 0.2) is 30.3 Å². The predicted molar refractivity (Wildman–Crippen MR) is 117 cm³/mol. The van der Waals surface area contributed by atoms with Crippen molar-refractivity contribution in [2.24, 2.45) is 0 Å². The van der Waals surface area contributed by atoms with E-state index in [0.29, 0.717) is 44.7 Å². The van der Waals surface area contributed by atoms with Crippen LogP contribution in [0, 0.1) is 0 Å². The van der Waals surface area contributed by atoms with Crippen molar-refractivity contribution in [3.8, 4) is 5.75 Å². The number of rotatable bonds is 10. The van der Waals surface area contributed by atoms with Gasteiger partial charge in [0.15, 0.2) is 6.61 Å². The van der Waals surface area contributed by atoms with Crippen molar-refractivity contribution in [3.63, 3.8) is 0 Å². The van der Waals surface area contributed by atoms with E-state index in [0.717, 1.165) is 5.75 Å². The number of nitrogens with one attached hydrogen (secondary N) is 2. The molecule has 0 radical (unpaired) electrons. The Morgan fingerprint density at radius 3 is 2.53 bits per heavy atom. The second kappa shape index (κ2) is 13.0. The third kappa shape index (κ3) is 8.14. The molecule has 0 aromatic heterocycles. The predicted octanol–water partition coefficient (Wildman–Crippen LogP) is 2.04. The zero-order chi connectivity index (χ0) is 21.8. The molecule has 0 spiro atoms. The van der Waals surface area contributed by atoms with E-state index >= 15 is 0 Å². The highest BCUT2D eigenvalue weighted by atomic mass is 32.2. The number of ether oxygens (including phenoxy) is 2. The first kappa shape index (κ1) is 23.9. The van der Waals surface area contributed by atoms with Gasteiger partial charge >= 0.3 is 6.09 Å². The fraction of sp³-hybridized carbons (Fsp3) is 0.571. The molecular weight excluding hydrogens is 406 g/mol. The number of benzene rings is 1. The van der Waals surface area contributed by atoms with E-state index in [1.807, 2.05) is 24.5 Å². The molecule has 30 heavy (non-hydrogen) atoms. The number of nitrogens with zero attached hydrogens (tertiary/aromatic N) is 1.